The Morgan fingerprint density at radius 2 is 1.77 bits per heavy atom. The summed E-state index contributed by atoms with van der Waals surface area (Å²) < 4.78 is 10.8. The van der Waals surface area contributed by atoms with Crippen molar-refractivity contribution >= 4 is 5.96 Å². The van der Waals surface area contributed by atoms with Crippen molar-refractivity contribution in [3.8, 4) is 11.5 Å². The number of hydrogen-bond donors (Lipinski definition) is 2. The van der Waals surface area contributed by atoms with E-state index in [0.717, 1.165) is 29.6 Å². The fraction of sp³-hybridized carbons (Fsp3) is 0.381. The second kappa shape index (κ2) is 9.70. The van der Waals surface area contributed by atoms with Gasteiger partial charge >= 0.3 is 0 Å². The molecule has 1 atom stereocenters. The zero-order valence-corrected chi connectivity index (χ0v) is 16.3. The molecule has 0 aliphatic rings. The predicted molar refractivity (Wildman–Crippen MR) is 107 cm³/mol. The molecule has 0 bridgehead atoms. The molecule has 2 aromatic carbocycles. The minimum Gasteiger partial charge on any atom is -0.493 e. The molecule has 0 spiro atoms. The predicted octanol–water partition coefficient (Wildman–Crippen LogP) is 3.48. The van der Waals surface area contributed by atoms with Gasteiger partial charge in [0.2, 0.25) is 0 Å². The van der Waals surface area contributed by atoms with Gasteiger partial charge in [-0.3, -0.25) is 4.99 Å². The first-order valence-electron chi connectivity index (χ1n) is 8.80. The monoisotopic (exact) mass is 355 g/mol. The van der Waals surface area contributed by atoms with Gasteiger partial charge in [0, 0.05) is 25.7 Å². The van der Waals surface area contributed by atoms with Crippen LogP contribution in [0.25, 0.3) is 0 Å². The van der Waals surface area contributed by atoms with Crippen LogP contribution >= 0.6 is 0 Å². The molecule has 0 amide bonds. The van der Waals surface area contributed by atoms with Crippen molar-refractivity contribution in [3.63, 3.8) is 0 Å². The van der Waals surface area contributed by atoms with E-state index < -0.39 is 0 Å². The maximum absolute atomic E-state index is 5.47. The average Bonchev–Trinajstić information content (AvgIpc) is 2.67. The average molecular weight is 355 g/mol. The lowest BCUT2D eigenvalue weighted by Crippen LogP contribution is -2.38. The molecule has 1 unspecified atom stereocenters. The van der Waals surface area contributed by atoms with Crippen LogP contribution in [0.3, 0.4) is 0 Å². The Labute approximate surface area is 156 Å². The van der Waals surface area contributed by atoms with Gasteiger partial charge in [-0.1, -0.05) is 48.9 Å². The number of nitrogens with one attached hydrogen (secondary N) is 2. The number of rotatable bonds is 7. The molecular formula is C21H29N3O2. The lowest BCUT2D eigenvalue weighted by Gasteiger charge is -2.18. The summed E-state index contributed by atoms with van der Waals surface area (Å²) in [4.78, 5) is 4.30. The van der Waals surface area contributed by atoms with E-state index in [4.69, 9.17) is 9.47 Å². The van der Waals surface area contributed by atoms with Crippen molar-refractivity contribution in [2.75, 3.05) is 27.8 Å². The lowest BCUT2D eigenvalue weighted by molar-refractivity contribution is 0.351. The third kappa shape index (κ3) is 5.15. The van der Waals surface area contributed by atoms with Crippen LogP contribution < -0.4 is 20.1 Å². The van der Waals surface area contributed by atoms with Gasteiger partial charge in [0.25, 0.3) is 0 Å². The third-order valence-corrected chi connectivity index (χ3v) is 4.38. The van der Waals surface area contributed by atoms with Crippen LogP contribution in [0, 0.1) is 6.92 Å². The van der Waals surface area contributed by atoms with Crippen LogP contribution in [-0.2, 0) is 6.54 Å². The molecule has 0 saturated carbocycles. The second-order valence-corrected chi connectivity index (χ2v) is 6.27. The van der Waals surface area contributed by atoms with Gasteiger partial charge in [-0.2, -0.15) is 0 Å². The van der Waals surface area contributed by atoms with Gasteiger partial charge in [-0.05, 0) is 24.5 Å². The molecule has 0 radical (unpaired) electrons. The largest absolute Gasteiger partial charge is 0.493 e. The molecule has 140 valence electrons. The number of para-hydroxylation sites is 1. The number of aryl methyl sites for hydroxylation is 1. The van der Waals surface area contributed by atoms with Crippen molar-refractivity contribution in [3.05, 3.63) is 59.2 Å². The third-order valence-electron chi connectivity index (χ3n) is 4.38. The molecule has 0 aromatic heterocycles. The van der Waals surface area contributed by atoms with Crippen LogP contribution in [0.2, 0.25) is 0 Å². The summed E-state index contributed by atoms with van der Waals surface area (Å²) in [6, 6.07) is 14.5. The maximum Gasteiger partial charge on any atom is 0.191 e. The normalized spacial score (nSPS) is 12.4. The van der Waals surface area contributed by atoms with Crippen molar-refractivity contribution in [1.82, 2.24) is 10.6 Å². The van der Waals surface area contributed by atoms with Crippen LogP contribution in [-0.4, -0.2) is 33.8 Å². The summed E-state index contributed by atoms with van der Waals surface area (Å²) in [6.07, 6.45) is 0. The Bertz CT molecular complexity index is 727. The topological polar surface area (TPSA) is 54.9 Å². The molecule has 2 N–H and O–H groups in total. The second-order valence-electron chi connectivity index (χ2n) is 6.27. The molecule has 26 heavy (non-hydrogen) atoms. The van der Waals surface area contributed by atoms with Gasteiger partial charge in [0.15, 0.2) is 17.5 Å². The Kier molecular flexibility index (Phi) is 7.33. The van der Waals surface area contributed by atoms with E-state index in [9.17, 15) is 0 Å². The maximum atomic E-state index is 5.47. The Balaban J connectivity index is 1.93. The summed E-state index contributed by atoms with van der Waals surface area (Å²) in [5.41, 5.74) is 3.60. The summed E-state index contributed by atoms with van der Waals surface area (Å²) in [6.45, 7) is 5.71. The standard InChI is InChI=1S/C21H29N3O2/c1-15-9-11-17(12-10-15)16(2)13-23-21(22-3)24-14-18-7-6-8-19(25-4)20(18)26-5/h6-12,16H,13-14H2,1-5H3,(H2,22,23,24). The van der Waals surface area contributed by atoms with E-state index in [-0.39, 0.29) is 0 Å². The highest BCUT2D eigenvalue weighted by Crippen LogP contribution is 2.30. The summed E-state index contributed by atoms with van der Waals surface area (Å²) in [7, 11) is 5.06. The highest BCUT2D eigenvalue weighted by atomic mass is 16.5. The number of guanidine groups is 1. The van der Waals surface area contributed by atoms with Crippen LogP contribution in [0.1, 0.15) is 29.5 Å². The van der Waals surface area contributed by atoms with Crippen molar-refractivity contribution < 1.29 is 9.47 Å². The number of ether oxygens (including phenoxy) is 2. The lowest BCUT2D eigenvalue weighted by atomic mass is 10.0. The van der Waals surface area contributed by atoms with Gasteiger partial charge in [-0.25, -0.2) is 0 Å². The number of nitrogens with zero attached hydrogens (tertiary/aromatic N) is 1. The van der Waals surface area contributed by atoms with E-state index in [2.05, 4.69) is 53.7 Å². The van der Waals surface area contributed by atoms with E-state index in [1.54, 1.807) is 21.3 Å². The number of aliphatic imine (C=N–C) groups is 1. The van der Waals surface area contributed by atoms with Gasteiger partial charge in [0.05, 0.1) is 14.2 Å². The molecule has 2 aromatic rings. The van der Waals surface area contributed by atoms with E-state index in [1.165, 1.54) is 11.1 Å². The first-order chi connectivity index (χ1) is 12.6. The van der Waals surface area contributed by atoms with Gasteiger partial charge < -0.3 is 20.1 Å². The molecule has 0 aliphatic heterocycles. The highest BCUT2D eigenvalue weighted by molar-refractivity contribution is 5.79. The number of benzene rings is 2. The number of hydrogen-bond acceptors (Lipinski definition) is 3. The van der Waals surface area contributed by atoms with Gasteiger partial charge in [0.1, 0.15) is 0 Å². The fourth-order valence-electron chi connectivity index (χ4n) is 2.76. The van der Waals surface area contributed by atoms with Crippen LogP contribution in [0.4, 0.5) is 0 Å². The van der Waals surface area contributed by atoms with Crippen molar-refractivity contribution in [2.45, 2.75) is 26.3 Å². The van der Waals surface area contributed by atoms with Crippen LogP contribution in [0.15, 0.2) is 47.5 Å². The van der Waals surface area contributed by atoms with Gasteiger partial charge in [-0.15, -0.1) is 0 Å². The van der Waals surface area contributed by atoms with Crippen molar-refractivity contribution in [1.29, 1.82) is 0 Å². The smallest absolute Gasteiger partial charge is 0.191 e. The van der Waals surface area contributed by atoms with Crippen LogP contribution in [0.5, 0.6) is 11.5 Å². The fourth-order valence-corrected chi connectivity index (χ4v) is 2.76. The number of methoxy groups -OCH3 is 2. The SMILES string of the molecule is CN=C(NCc1cccc(OC)c1OC)NCC(C)c1ccc(C)cc1. The molecule has 2 rings (SSSR count). The highest BCUT2D eigenvalue weighted by Gasteiger charge is 2.11. The first kappa shape index (κ1) is 19.6. The molecule has 0 heterocycles. The molecule has 5 nitrogen and oxygen atoms in total. The minimum atomic E-state index is 0.389. The van der Waals surface area contributed by atoms with E-state index >= 15 is 0 Å². The Hall–Kier alpha value is -2.69. The zero-order valence-electron chi connectivity index (χ0n) is 16.3. The molecule has 0 saturated heterocycles. The minimum absolute atomic E-state index is 0.389. The Morgan fingerprint density at radius 3 is 2.38 bits per heavy atom. The van der Waals surface area contributed by atoms with E-state index in [0.29, 0.717) is 12.5 Å². The summed E-state index contributed by atoms with van der Waals surface area (Å²) >= 11 is 0. The van der Waals surface area contributed by atoms with E-state index in [1.807, 2.05) is 18.2 Å². The zero-order chi connectivity index (χ0) is 18.9. The molecular weight excluding hydrogens is 326 g/mol. The van der Waals surface area contributed by atoms with Crippen molar-refractivity contribution in [2.24, 2.45) is 4.99 Å². The molecule has 5 heteroatoms. The summed E-state index contributed by atoms with van der Waals surface area (Å²) in [5, 5.41) is 6.72. The summed E-state index contributed by atoms with van der Waals surface area (Å²) in [5.74, 6) is 2.61. The Morgan fingerprint density at radius 1 is 1.04 bits per heavy atom. The quantitative estimate of drug-likeness (QED) is 0.590. The molecule has 0 aliphatic carbocycles. The first-order valence-corrected chi connectivity index (χ1v) is 8.80. The molecule has 0 fully saturated rings.